The van der Waals surface area contributed by atoms with E-state index >= 15 is 0 Å². The maximum absolute atomic E-state index is 5.39. The van der Waals surface area contributed by atoms with Gasteiger partial charge in [0.25, 0.3) is 0 Å². The summed E-state index contributed by atoms with van der Waals surface area (Å²) in [6.07, 6.45) is 0. The molecule has 0 radical (unpaired) electrons. The molecule has 0 amide bonds. The van der Waals surface area contributed by atoms with Crippen molar-refractivity contribution in [2.45, 2.75) is 45.6 Å². The van der Waals surface area contributed by atoms with Crippen LogP contribution < -0.4 is 0 Å². The van der Waals surface area contributed by atoms with Crippen molar-refractivity contribution in [3.05, 3.63) is 128 Å². The molecule has 3 aromatic carbocycles. The number of benzene rings is 3. The summed E-state index contributed by atoms with van der Waals surface area (Å²) >= 11 is 1.69. The molecule has 0 aliphatic carbocycles. The van der Waals surface area contributed by atoms with Gasteiger partial charge in [-0.05, 0) is 17.9 Å². The van der Waals surface area contributed by atoms with Gasteiger partial charge in [-0.25, -0.2) is 4.98 Å². The van der Waals surface area contributed by atoms with E-state index in [1.54, 1.807) is 53.6 Å². The average Bonchev–Trinajstić information content (AvgIpc) is 3.44. The molecule has 1 aromatic heterocycles. The Morgan fingerprint density at radius 1 is 0.610 bits per heavy atom. The third kappa shape index (κ3) is 13.1. The number of rotatable bonds is 7. The van der Waals surface area contributed by atoms with Crippen molar-refractivity contribution in [2.75, 3.05) is 42.3 Å². The van der Waals surface area contributed by atoms with E-state index in [1.807, 2.05) is 6.07 Å². The van der Waals surface area contributed by atoms with Crippen LogP contribution in [-0.2, 0) is 25.8 Å². The van der Waals surface area contributed by atoms with Crippen LogP contribution in [0.2, 0.25) is 0 Å². The van der Waals surface area contributed by atoms with E-state index in [4.69, 9.17) is 10.3 Å². The molecule has 0 aliphatic rings. The fourth-order valence-electron chi connectivity index (χ4n) is 3.86. The van der Waals surface area contributed by atoms with Gasteiger partial charge >= 0.3 is 25.8 Å². The van der Waals surface area contributed by atoms with Crippen molar-refractivity contribution in [1.82, 2.24) is 4.98 Å². The van der Waals surface area contributed by atoms with Crippen LogP contribution in [0.1, 0.15) is 68.0 Å². The van der Waals surface area contributed by atoms with E-state index in [-0.39, 0.29) is 31.9 Å². The molecule has 0 fully saturated rings. The van der Waals surface area contributed by atoms with Gasteiger partial charge < -0.3 is 21.3 Å². The van der Waals surface area contributed by atoms with E-state index in [0.717, 1.165) is 22.0 Å². The van der Waals surface area contributed by atoms with Gasteiger partial charge in [0.2, 0.25) is 0 Å². The number of hydrogen-bond donors (Lipinski definition) is 0. The second-order valence-electron chi connectivity index (χ2n) is 9.82. The molecular formula is C34H47HfN5S. The Kier molecular flexibility index (Phi) is 21.3. The second-order valence-corrected chi connectivity index (χ2v) is 10.7. The first-order chi connectivity index (χ1) is 19.3. The molecule has 0 saturated carbocycles. The zero-order valence-corrected chi connectivity index (χ0v) is 30.9. The van der Waals surface area contributed by atoms with Gasteiger partial charge in [-0.1, -0.05) is 123 Å². The molecule has 5 nitrogen and oxygen atoms in total. The molecule has 218 valence electrons. The molecule has 41 heavy (non-hydrogen) atoms. The second kappa shape index (κ2) is 22.4. The first-order valence-electron chi connectivity index (χ1n) is 13.6. The number of hydrogen-bond acceptors (Lipinski definition) is 2. The average molecular weight is 736 g/mol. The first kappa shape index (κ1) is 38.8. The molecule has 4 rings (SSSR count). The van der Waals surface area contributed by atoms with Crippen LogP contribution in [0.25, 0.3) is 31.8 Å². The number of aromatic nitrogens is 1. The summed E-state index contributed by atoms with van der Waals surface area (Å²) in [5.74, 6) is 0.813. The molecular weight excluding hydrogens is 689 g/mol. The minimum Gasteiger partial charge on any atom is -0.673 e. The molecule has 1 atom stereocenters. The van der Waals surface area contributed by atoms with E-state index < -0.39 is 0 Å². The molecule has 1 unspecified atom stereocenters. The van der Waals surface area contributed by atoms with Crippen LogP contribution in [0.4, 0.5) is 5.69 Å². The Morgan fingerprint density at radius 3 is 1.49 bits per heavy atom. The Morgan fingerprint density at radius 2 is 1.05 bits per heavy atom. The van der Waals surface area contributed by atoms with Crippen molar-refractivity contribution >= 4 is 17.0 Å². The summed E-state index contributed by atoms with van der Waals surface area (Å²) in [7, 11) is 10.5. The topological polar surface area (TPSA) is 69.3 Å². The molecule has 0 spiro atoms. The normalized spacial score (nSPS) is 10.6. The SMILES string of the molecule is CC(C)c1cccc(C(C)C)c1[N-]C(c1ccccc1)c1csc(-c2ccccc2)n1.C[N-]C.C[N-]C.C[N-]C.[Hf+4]. The molecule has 0 N–H and O–H groups in total. The Bertz CT molecular complexity index is 1150. The smallest absolute Gasteiger partial charge is 0.673 e. The van der Waals surface area contributed by atoms with Crippen molar-refractivity contribution in [3.8, 4) is 10.6 Å². The van der Waals surface area contributed by atoms with Gasteiger partial charge in [0.15, 0.2) is 0 Å². The van der Waals surface area contributed by atoms with Gasteiger partial charge in [-0.15, -0.1) is 17.0 Å². The third-order valence-electron chi connectivity index (χ3n) is 5.54. The van der Waals surface area contributed by atoms with Gasteiger partial charge in [-0.2, -0.15) is 42.3 Å². The van der Waals surface area contributed by atoms with Crippen LogP contribution in [0.15, 0.2) is 84.2 Å². The predicted molar refractivity (Wildman–Crippen MR) is 179 cm³/mol. The fraction of sp³-hybridized carbons (Fsp3) is 0.382. The maximum atomic E-state index is 5.39. The molecule has 4 aromatic rings. The quantitative estimate of drug-likeness (QED) is 0.174. The summed E-state index contributed by atoms with van der Waals surface area (Å²) in [6, 6.07) is 27.4. The molecule has 1 heterocycles. The maximum Gasteiger partial charge on any atom is 4.00 e. The van der Waals surface area contributed by atoms with Crippen LogP contribution in [-0.4, -0.2) is 47.3 Å². The Hall–Kier alpha value is -2.16. The number of thiazole rings is 1. The van der Waals surface area contributed by atoms with Gasteiger partial charge in [0.1, 0.15) is 5.01 Å². The number of nitrogens with zero attached hydrogens (tertiary/aromatic N) is 5. The zero-order chi connectivity index (χ0) is 29.9. The van der Waals surface area contributed by atoms with Crippen LogP contribution >= 0.6 is 11.3 Å². The summed E-state index contributed by atoms with van der Waals surface area (Å²) < 4.78 is 0. The monoisotopic (exact) mass is 737 g/mol. The van der Waals surface area contributed by atoms with Crippen molar-refractivity contribution in [1.29, 1.82) is 0 Å². The zero-order valence-electron chi connectivity index (χ0n) is 26.5. The fourth-order valence-corrected chi connectivity index (χ4v) is 4.71. The molecule has 7 heteroatoms. The predicted octanol–water partition coefficient (Wildman–Crippen LogP) is 10.7. The van der Waals surface area contributed by atoms with Crippen LogP contribution in [0.5, 0.6) is 0 Å². The molecule has 0 aliphatic heterocycles. The summed E-state index contributed by atoms with van der Waals surface area (Å²) in [4.78, 5) is 5.03. The van der Waals surface area contributed by atoms with Crippen molar-refractivity contribution < 1.29 is 25.8 Å². The van der Waals surface area contributed by atoms with Crippen molar-refractivity contribution in [3.63, 3.8) is 0 Å². The van der Waals surface area contributed by atoms with E-state index in [9.17, 15) is 0 Å². The van der Waals surface area contributed by atoms with Gasteiger partial charge in [0.05, 0.1) is 0 Å². The summed E-state index contributed by atoms with van der Waals surface area (Å²) in [5, 5.41) is 19.1. The summed E-state index contributed by atoms with van der Waals surface area (Å²) in [6.45, 7) is 8.97. The molecule has 0 bridgehead atoms. The van der Waals surface area contributed by atoms with Gasteiger partial charge in [0, 0.05) is 16.6 Å². The number of para-hydroxylation sites is 1. The van der Waals surface area contributed by atoms with Crippen LogP contribution in [0, 0.1) is 0 Å². The standard InChI is InChI=1S/C28H29N2S.3C2H6N.Hf/c1-19(2)23-16-11-17-24(20(3)4)27(23)30-26(21-12-7-5-8-13-21)25-18-31-28(29-25)22-14-9-6-10-15-22;3*1-3-2;/h5-20,26H,1-4H3;3*1-2H3;/q4*-1;+4. The van der Waals surface area contributed by atoms with E-state index in [1.165, 1.54) is 16.7 Å². The molecule has 0 saturated heterocycles. The first-order valence-corrected chi connectivity index (χ1v) is 14.5. The Balaban J connectivity index is 0.00000142. The summed E-state index contributed by atoms with van der Waals surface area (Å²) in [5.41, 5.74) is 7.03. The van der Waals surface area contributed by atoms with Crippen molar-refractivity contribution in [2.24, 2.45) is 0 Å². The van der Waals surface area contributed by atoms with E-state index in [2.05, 4.69) is 122 Å². The Labute approximate surface area is 272 Å². The third-order valence-corrected chi connectivity index (χ3v) is 6.45. The van der Waals surface area contributed by atoms with Crippen LogP contribution in [0.3, 0.4) is 0 Å². The largest absolute Gasteiger partial charge is 4.00 e. The minimum absolute atomic E-state index is 0. The van der Waals surface area contributed by atoms with E-state index in [0.29, 0.717) is 11.8 Å². The van der Waals surface area contributed by atoms with Gasteiger partial charge in [-0.3, -0.25) is 0 Å². The minimum atomic E-state index is -0.132.